The van der Waals surface area contributed by atoms with E-state index in [1.54, 1.807) is 0 Å². The Morgan fingerprint density at radius 3 is 2.74 bits per heavy atom. The summed E-state index contributed by atoms with van der Waals surface area (Å²) in [6.07, 6.45) is 2.49. The number of nitrogens with two attached hydrogens (primary N) is 2. The second-order valence-electron chi connectivity index (χ2n) is 7.47. The SMILES string of the molecule is Nc1nc(NCCc2csc(N)n2)cc(N2CCC(c3cc(CC(=O)O)n[nH]3)CC2)n1. The van der Waals surface area contributed by atoms with Gasteiger partial charge in [0.2, 0.25) is 5.95 Å². The van der Waals surface area contributed by atoms with E-state index < -0.39 is 5.97 Å². The number of aliphatic carboxylic acids is 1. The predicted molar refractivity (Wildman–Crippen MR) is 119 cm³/mol. The zero-order valence-corrected chi connectivity index (χ0v) is 17.7. The number of carboxylic acid groups (broad SMARTS) is 1. The predicted octanol–water partition coefficient (Wildman–Crippen LogP) is 1.49. The van der Waals surface area contributed by atoms with Crippen LogP contribution in [0.3, 0.4) is 0 Å². The second kappa shape index (κ2) is 9.16. The molecule has 0 aromatic carbocycles. The molecular formula is C19H25N9O2S. The van der Waals surface area contributed by atoms with Crippen molar-refractivity contribution in [1.29, 1.82) is 0 Å². The van der Waals surface area contributed by atoms with Gasteiger partial charge in [-0.2, -0.15) is 15.1 Å². The van der Waals surface area contributed by atoms with Gasteiger partial charge in [0, 0.05) is 49.1 Å². The number of carbonyl (C=O) groups is 1. The maximum Gasteiger partial charge on any atom is 0.309 e. The van der Waals surface area contributed by atoms with E-state index in [9.17, 15) is 4.79 Å². The molecule has 4 rings (SSSR count). The Kier molecular flexibility index (Phi) is 6.16. The number of aromatic amines is 1. The number of piperidine rings is 1. The minimum Gasteiger partial charge on any atom is -0.481 e. The van der Waals surface area contributed by atoms with E-state index in [1.165, 1.54) is 11.3 Å². The van der Waals surface area contributed by atoms with Gasteiger partial charge < -0.3 is 26.8 Å². The fraction of sp³-hybridized carbons (Fsp3) is 0.421. The average Bonchev–Trinajstić information content (AvgIpc) is 3.36. The Balaban J connectivity index is 1.33. The van der Waals surface area contributed by atoms with Crippen molar-refractivity contribution in [1.82, 2.24) is 25.1 Å². The van der Waals surface area contributed by atoms with E-state index in [-0.39, 0.29) is 12.4 Å². The average molecular weight is 444 g/mol. The summed E-state index contributed by atoms with van der Waals surface area (Å²) < 4.78 is 0. The lowest BCUT2D eigenvalue weighted by Gasteiger charge is -2.32. The summed E-state index contributed by atoms with van der Waals surface area (Å²) in [5, 5.41) is 21.8. The highest BCUT2D eigenvalue weighted by atomic mass is 32.1. The maximum atomic E-state index is 10.9. The first-order valence-corrected chi connectivity index (χ1v) is 10.9. The number of anilines is 4. The van der Waals surface area contributed by atoms with Crippen molar-refractivity contribution >= 4 is 40.0 Å². The first kappa shape index (κ1) is 20.8. The number of nitrogens with one attached hydrogen (secondary N) is 2. The lowest BCUT2D eigenvalue weighted by atomic mass is 9.93. The van der Waals surface area contributed by atoms with Crippen molar-refractivity contribution in [2.75, 3.05) is 41.3 Å². The van der Waals surface area contributed by atoms with Crippen LogP contribution in [0.2, 0.25) is 0 Å². The van der Waals surface area contributed by atoms with Gasteiger partial charge in [-0.05, 0) is 18.9 Å². The van der Waals surface area contributed by atoms with Crippen LogP contribution in [0.4, 0.5) is 22.7 Å². The van der Waals surface area contributed by atoms with Crippen LogP contribution in [0.1, 0.15) is 35.8 Å². The number of nitrogens with zero attached hydrogens (tertiary/aromatic N) is 5. The minimum absolute atomic E-state index is 0.0683. The fourth-order valence-electron chi connectivity index (χ4n) is 3.72. The summed E-state index contributed by atoms with van der Waals surface area (Å²) in [6, 6.07) is 3.77. The smallest absolute Gasteiger partial charge is 0.309 e. The number of rotatable bonds is 8. The molecule has 7 N–H and O–H groups in total. The molecule has 3 aromatic heterocycles. The Morgan fingerprint density at radius 2 is 2.03 bits per heavy atom. The van der Waals surface area contributed by atoms with Crippen LogP contribution in [0.25, 0.3) is 0 Å². The number of hydrogen-bond donors (Lipinski definition) is 5. The van der Waals surface area contributed by atoms with E-state index in [0.717, 1.165) is 49.6 Å². The third kappa shape index (κ3) is 5.40. The maximum absolute atomic E-state index is 10.9. The summed E-state index contributed by atoms with van der Waals surface area (Å²) in [5.41, 5.74) is 14.1. The van der Waals surface area contributed by atoms with Gasteiger partial charge in [-0.3, -0.25) is 9.89 Å². The van der Waals surface area contributed by atoms with Gasteiger partial charge in [-0.15, -0.1) is 11.3 Å². The molecule has 1 aliphatic rings. The molecule has 164 valence electrons. The van der Waals surface area contributed by atoms with Crippen molar-refractivity contribution in [3.63, 3.8) is 0 Å². The highest BCUT2D eigenvalue weighted by Crippen LogP contribution is 2.30. The molecule has 0 bridgehead atoms. The highest BCUT2D eigenvalue weighted by Gasteiger charge is 2.24. The molecular weight excluding hydrogens is 418 g/mol. The van der Waals surface area contributed by atoms with Crippen molar-refractivity contribution in [2.45, 2.75) is 31.6 Å². The Bertz CT molecular complexity index is 1040. The Morgan fingerprint density at radius 1 is 1.23 bits per heavy atom. The Hall–Kier alpha value is -3.41. The monoisotopic (exact) mass is 443 g/mol. The van der Waals surface area contributed by atoms with Crippen molar-refractivity contribution in [2.24, 2.45) is 0 Å². The van der Waals surface area contributed by atoms with E-state index in [2.05, 4.69) is 35.4 Å². The van der Waals surface area contributed by atoms with Crippen LogP contribution in [-0.2, 0) is 17.6 Å². The molecule has 12 heteroatoms. The molecule has 0 atom stereocenters. The summed E-state index contributed by atoms with van der Waals surface area (Å²) in [5.74, 6) is 1.14. The molecule has 3 aromatic rings. The fourth-order valence-corrected chi connectivity index (χ4v) is 4.31. The molecule has 4 heterocycles. The third-order valence-electron chi connectivity index (χ3n) is 5.23. The number of thiazole rings is 1. The molecule has 1 aliphatic heterocycles. The van der Waals surface area contributed by atoms with Gasteiger partial charge in [0.25, 0.3) is 0 Å². The molecule has 1 saturated heterocycles. The van der Waals surface area contributed by atoms with Crippen LogP contribution in [-0.4, -0.2) is 55.9 Å². The first-order chi connectivity index (χ1) is 15.0. The van der Waals surface area contributed by atoms with Gasteiger partial charge in [-0.25, -0.2) is 4.98 Å². The van der Waals surface area contributed by atoms with E-state index in [1.807, 2.05) is 17.5 Å². The topological polar surface area (TPSA) is 172 Å². The molecule has 1 fully saturated rings. The van der Waals surface area contributed by atoms with Gasteiger partial charge in [0.15, 0.2) is 5.13 Å². The van der Waals surface area contributed by atoms with Crippen LogP contribution < -0.4 is 21.7 Å². The largest absolute Gasteiger partial charge is 0.481 e. The van der Waals surface area contributed by atoms with Crippen molar-refractivity contribution in [3.05, 3.63) is 34.6 Å². The summed E-state index contributed by atoms with van der Waals surface area (Å²) >= 11 is 1.43. The van der Waals surface area contributed by atoms with Crippen LogP contribution in [0.15, 0.2) is 17.5 Å². The van der Waals surface area contributed by atoms with E-state index in [0.29, 0.717) is 29.1 Å². The van der Waals surface area contributed by atoms with Gasteiger partial charge in [-0.1, -0.05) is 0 Å². The Labute approximate surface area is 182 Å². The standard InChI is InChI=1S/C19H25N9O2S/c20-18-24-15(22-4-1-12-10-31-19(21)23-12)9-16(25-18)28-5-2-11(3-6-28)14-7-13(26-27-14)8-17(29)30/h7,9-11H,1-6,8H2,(H2,21,23)(H,26,27)(H,29,30)(H3,20,22,24,25). The molecule has 0 aliphatic carbocycles. The molecule has 0 saturated carbocycles. The van der Waals surface area contributed by atoms with E-state index >= 15 is 0 Å². The summed E-state index contributed by atoms with van der Waals surface area (Å²) in [6.45, 7) is 2.29. The number of hydrogen-bond acceptors (Lipinski definition) is 10. The summed E-state index contributed by atoms with van der Waals surface area (Å²) in [4.78, 5) is 26.0. The molecule has 0 amide bonds. The quantitative estimate of drug-likeness (QED) is 0.343. The van der Waals surface area contributed by atoms with Gasteiger partial charge in [0.1, 0.15) is 11.6 Å². The second-order valence-corrected chi connectivity index (χ2v) is 8.36. The third-order valence-corrected chi connectivity index (χ3v) is 5.95. The minimum atomic E-state index is -0.880. The number of aromatic nitrogens is 5. The molecule has 0 unspecified atom stereocenters. The number of nitrogen functional groups attached to an aromatic ring is 2. The zero-order valence-electron chi connectivity index (χ0n) is 16.9. The number of H-pyrrole nitrogens is 1. The lowest BCUT2D eigenvalue weighted by molar-refractivity contribution is -0.136. The lowest BCUT2D eigenvalue weighted by Crippen LogP contribution is -2.33. The van der Waals surface area contributed by atoms with Gasteiger partial charge >= 0.3 is 5.97 Å². The highest BCUT2D eigenvalue weighted by molar-refractivity contribution is 7.13. The zero-order chi connectivity index (χ0) is 21.8. The van der Waals surface area contributed by atoms with Crippen LogP contribution >= 0.6 is 11.3 Å². The van der Waals surface area contributed by atoms with Gasteiger partial charge in [0.05, 0.1) is 17.8 Å². The molecule has 0 spiro atoms. The molecule has 11 nitrogen and oxygen atoms in total. The van der Waals surface area contributed by atoms with Crippen molar-refractivity contribution < 1.29 is 9.90 Å². The van der Waals surface area contributed by atoms with Crippen LogP contribution in [0.5, 0.6) is 0 Å². The first-order valence-electron chi connectivity index (χ1n) is 10.1. The molecule has 31 heavy (non-hydrogen) atoms. The summed E-state index contributed by atoms with van der Waals surface area (Å²) in [7, 11) is 0. The number of carboxylic acids is 1. The normalized spacial score (nSPS) is 14.6. The molecule has 0 radical (unpaired) electrons. The van der Waals surface area contributed by atoms with Crippen LogP contribution in [0, 0.1) is 0 Å². The van der Waals surface area contributed by atoms with E-state index in [4.69, 9.17) is 16.6 Å². The van der Waals surface area contributed by atoms with Crippen molar-refractivity contribution in [3.8, 4) is 0 Å².